The first-order valence-corrected chi connectivity index (χ1v) is 11.1. The van der Waals surface area contributed by atoms with Crippen molar-refractivity contribution in [2.75, 3.05) is 17.3 Å². The van der Waals surface area contributed by atoms with Crippen molar-refractivity contribution in [1.82, 2.24) is 20.2 Å². The number of hydrogen-bond donors (Lipinski definition) is 0. The van der Waals surface area contributed by atoms with Gasteiger partial charge in [0.05, 0.1) is 22.9 Å². The molecule has 1 aliphatic rings. The zero-order valence-electron chi connectivity index (χ0n) is 14.5. The molecule has 10 heteroatoms. The molecule has 1 aromatic carbocycles. The van der Waals surface area contributed by atoms with Gasteiger partial charge in [0.1, 0.15) is 6.10 Å². The van der Waals surface area contributed by atoms with Gasteiger partial charge >= 0.3 is 5.97 Å². The third-order valence-electron chi connectivity index (χ3n) is 4.05. The largest absolute Gasteiger partial charge is 0.461 e. The van der Waals surface area contributed by atoms with E-state index in [2.05, 4.69) is 29.4 Å². The number of nitrogens with zero attached hydrogens (tertiary/aromatic N) is 4. The Hall–Kier alpha value is -1.94. The Labute approximate surface area is 156 Å². The van der Waals surface area contributed by atoms with Gasteiger partial charge in [0.25, 0.3) is 0 Å². The molecule has 1 fully saturated rings. The van der Waals surface area contributed by atoms with E-state index in [4.69, 9.17) is 4.74 Å². The molecule has 2 heterocycles. The van der Waals surface area contributed by atoms with Crippen molar-refractivity contribution in [3.8, 4) is 5.69 Å². The maximum atomic E-state index is 12.0. The van der Waals surface area contributed by atoms with E-state index in [9.17, 15) is 13.2 Å². The first-order chi connectivity index (χ1) is 12.3. The second kappa shape index (κ2) is 7.75. The van der Waals surface area contributed by atoms with Crippen LogP contribution < -0.4 is 0 Å². The van der Waals surface area contributed by atoms with Crippen LogP contribution in [0.5, 0.6) is 0 Å². The van der Waals surface area contributed by atoms with Gasteiger partial charge in [-0.15, -0.1) is 5.10 Å². The lowest BCUT2D eigenvalue weighted by atomic mass is 10.0. The van der Waals surface area contributed by atoms with Crippen molar-refractivity contribution >= 4 is 27.6 Å². The van der Waals surface area contributed by atoms with Crippen molar-refractivity contribution < 1.29 is 17.9 Å². The van der Waals surface area contributed by atoms with Crippen LogP contribution in [0.2, 0.25) is 0 Å². The molecule has 26 heavy (non-hydrogen) atoms. The topological polar surface area (TPSA) is 104 Å². The Kier molecular flexibility index (Phi) is 5.61. The maximum Gasteiger partial charge on any atom is 0.316 e. The Bertz CT molecular complexity index is 878. The van der Waals surface area contributed by atoms with Gasteiger partial charge in [-0.3, -0.25) is 4.79 Å². The molecule has 8 nitrogen and oxygen atoms in total. The van der Waals surface area contributed by atoms with Crippen LogP contribution in [0.1, 0.15) is 31.7 Å². The number of ether oxygens (including phenoxy) is 1. The Balaban J connectivity index is 1.59. The zero-order chi connectivity index (χ0) is 18.7. The summed E-state index contributed by atoms with van der Waals surface area (Å²) in [6.07, 6.45) is -0.189. The molecule has 1 saturated heterocycles. The summed E-state index contributed by atoms with van der Waals surface area (Å²) in [5.74, 6) is -0.0460. The lowest BCUT2D eigenvalue weighted by Gasteiger charge is -2.10. The summed E-state index contributed by atoms with van der Waals surface area (Å²) in [6.45, 7) is 4.24. The summed E-state index contributed by atoms with van der Waals surface area (Å²) in [6, 6.07) is 7.89. The average molecular weight is 396 g/mol. The molecule has 3 rings (SSSR count). The van der Waals surface area contributed by atoms with Crippen molar-refractivity contribution in [3.63, 3.8) is 0 Å². The average Bonchev–Trinajstić information content (AvgIpc) is 3.19. The molecule has 0 saturated carbocycles. The highest BCUT2D eigenvalue weighted by atomic mass is 32.2. The quantitative estimate of drug-likeness (QED) is 0.536. The Morgan fingerprint density at radius 3 is 2.69 bits per heavy atom. The van der Waals surface area contributed by atoms with Crippen LogP contribution in [0.25, 0.3) is 5.69 Å². The number of tetrazole rings is 1. The van der Waals surface area contributed by atoms with Crippen LogP contribution in [-0.4, -0.2) is 58.0 Å². The van der Waals surface area contributed by atoms with Crippen LogP contribution in [0.3, 0.4) is 0 Å². The van der Waals surface area contributed by atoms with E-state index in [1.807, 2.05) is 24.3 Å². The Morgan fingerprint density at radius 2 is 2.08 bits per heavy atom. The normalized spacial score (nSPS) is 19.0. The molecule has 1 aliphatic heterocycles. The number of sulfone groups is 1. The van der Waals surface area contributed by atoms with Gasteiger partial charge in [0.15, 0.2) is 9.84 Å². The van der Waals surface area contributed by atoms with Crippen LogP contribution in [0.4, 0.5) is 0 Å². The summed E-state index contributed by atoms with van der Waals surface area (Å²) in [7, 11) is -3.07. The third-order valence-corrected chi connectivity index (χ3v) is 6.68. The van der Waals surface area contributed by atoms with Crippen molar-refractivity contribution in [3.05, 3.63) is 29.8 Å². The standard InChI is InChI=1S/C16H20N4O4S2/c1-11(2)12-3-5-13(6-4-12)20-16(17-18-19-20)25-9-15(21)24-14-7-8-26(22,23)10-14/h3-6,11,14H,7-10H2,1-2H3/t14-/m1/s1. The lowest BCUT2D eigenvalue weighted by molar-refractivity contribution is -0.144. The van der Waals surface area contributed by atoms with Crippen molar-refractivity contribution in [2.45, 2.75) is 37.4 Å². The molecule has 0 radical (unpaired) electrons. The van der Waals surface area contributed by atoms with E-state index in [1.165, 1.54) is 5.56 Å². The second-order valence-corrected chi connectivity index (χ2v) is 9.59. The minimum Gasteiger partial charge on any atom is -0.461 e. The van der Waals surface area contributed by atoms with E-state index >= 15 is 0 Å². The van der Waals surface area contributed by atoms with Crippen LogP contribution in [-0.2, 0) is 19.4 Å². The minimum absolute atomic E-state index is 0.0149. The summed E-state index contributed by atoms with van der Waals surface area (Å²) in [4.78, 5) is 12.0. The fourth-order valence-electron chi connectivity index (χ4n) is 2.63. The number of esters is 1. The van der Waals surface area contributed by atoms with E-state index < -0.39 is 21.9 Å². The highest BCUT2D eigenvalue weighted by Crippen LogP contribution is 2.22. The number of carbonyl (C=O) groups excluding carboxylic acids is 1. The third kappa shape index (κ3) is 4.61. The van der Waals surface area contributed by atoms with Crippen molar-refractivity contribution in [2.24, 2.45) is 0 Å². The number of rotatable bonds is 6. The van der Waals surface area contributed by atoms with E-state index in [-0.39, 0.29) is 17.3 Å². The molecule has 0 spiro atoms. The smallest absolute Gasteiger partial charge is 0.316 e. The number of benzene rings is 1. The van der Waals surface area contributed by atoms with Crippen LogP contribution in [0, 0.1) is 0 Å². The van der Waals surface area contributed by atoms with E-state index in [1.54, 1.807) is 4.68 Å². The molecule has 0 N–H and O–H groups in total. The molecule has 140 valence electrons. The molecular formula is C16H20N4O4S2. The van der Waals surface area contributed by atoms with Crippen molar-refractivity contribution in [1.29, 1.82) is 0 Å². The SMILES string of the molecule is CC(C)c1ccc(-n2nnnc2SCC(=O)O[C@@H]2CCS(=O)(=O)C2)cc1. The van der Waals surface area contributed by atoms with E-state index in [0.717, 1.165) is 17.4 Å². The maximum absolute atomic E-state index is 12.0. The number of thioether (sulfide) groups is 1. The summed E-state index contributed by atoms with van der Waals surface area (Å²) in [5, 5.41) is 12.0. The number of carbonyl (C=O) groups is 1. The molecule has 0 amide bonds. The molecular weight excluding hydrogens is 376 g/mol. The monoisotopic (exact) mass is 396 g/mol. The van der Waals surface area contributed by atoms with E-state index in [0.29, 0.717) is 17.5 Å². The number of aromatic nitrogens is 4. The predicted octanol–water partition coefficient (Wildman–Crippen LogP) is 1.61. The summed E-state index contributed by atoms with van der Waals surface area (Å²) >= 11 is 1.15. The molecule has 0 aliphatic carbocycles. The lowest BCUT2D eigenvalue weighted by Crippen LogP contribution is -2.20. The van der Waals surface area contributed by atoms with Crippen LogP contribution in [0.15, 0.2) is 29.4 Å². The van der Waals surface area contributed by atoms with Gasteiger partial charge < -0.3 is 4.74 Å². The minimum atomic E-state index is -3.07. The van der Waals surface area contributed by atoms with Gasteiger partial charge in [-0.1, -0.05) is 37.7 Å². The van der Waals surface area contributed by atoms with Crippen LogP contribution >= 0.6 is 11.8 Å². The molecule has 0 unspecified atom stereocenters. The highest BCUT2D eigenvalue weighted by molar-refractivity contribution is 7.99. The molecule has 1 aromatic heterocycles. The number of hydrogen-bond acceptors (Lipinski definition) is 8. The molecule has 0 bridgehead atoms. The molecule has 1 atom stereocenters. The first kappa shape index (κ1) is 18.8. The predicted molar refractivity (Wildman–Crippen MR) is 97.1 cm³/mol. The zero-order valence-corrected chi connectivity index (χ0v) is 16.2. The van der Waals surface area contributed by atoms with Gasteiger partial charge in [-0.25, -0.2) is 8.42 Å². The van der Waals surface area contributed by atoms with Gasteiger partial charge in [-0.05, 0) is 40.5 Å². The Morgan fingerprint density at radius 1 is 1.35 bits per heavy atom. The van der Waals surface area contributed by atoms with Gasteiger partial charge in [-0.2, -0.15) is 4.68 Å². The second-order valence-electron chi connectivity index (χ2n) is 6.42. The van der Waals surface area contributed by atoms with Gasteiger partial charge in [0.2, 0.25) is 5.16 Å². The first-order valence-electron chi connectivity index (χ1n) is 8.25. The molecule has 2 aromatic rings. The summed E-state index contributed by atoms with van der Waals surface area (Å²) in [5.41, 5.74) is 2.02. The highest BCUT2D eigenvalue weighted by Gasteiger charge is 2.30. The summed E-state index contributed by atoms with van der Waals surface area (Å²) < 4.78 is 29.6. The van der Waals surface area contributed by atoms with Gasteiger partial charge in [0, 0.05) is 0 Å². The fraction of sp³-hybridized carbons (Fsp3) is 0.500. The fourth-order valence-corrected chi connectivity index (χ4v) is 4.89.